The predicted molar refractivity (Wildman–Crippen MR) is 105 cm³/mol. The summed E-state index contributed by atoms with van der Waals surface area (Å²) in [5, 5.41) is 4.00. The lowest BCUT2D eigenvalue weighted by molar-refractivity contribution is -0.0190. The fourth-order valence-corrected chi connectivity index (χ4v) is 3.22. The number of nitrogens with zero attached hydrogens (tertiary/aromatic N) is 4. The van der Waals surface area contributed by atoms with Crippen molar-refractivity contribution in [2.75, 3.05) is 13.1 Å². The summed E-state index contributed by atoms with van der Waals surface area (Å²) in [6.45, 7) is 7.10. The molecule has 0 atom stereocenters. The molecule has 1 fully saturated rings. The summed E-state index contributed by atoms with van der Waals surface area (Å²) < 4.78 is 16.7. The Morgan fingerprint density at radius 3 is 2.86 bits per heavy atom. The van der Waals surface area contributed by atoms with Gasteiger partial charge in [-0.05, 0) is 51.8 Å². The Labute approximate surface area is 168 Å². The van der Waals surface area contributed by atoms with E-state index in [-0.39, 0.29) is 18.8 Å². The average molecular weight is 399 g/mol. The first-order valence-corrected chi connectivity index (χ1v) is 9.73. The van der Waals surface area contributed by atoms with Crippen molar-refractivity contribution in [1.29, 1.82) is 0 Å². The van der Waals surface area contributed by atoms with Gasteiger partial charge in [-0.15, -0.1) is 0 Å². The summed E-state index contributed by atoms with van der Waals surface area (Å²) in [6, 6.07) is 5.73. The summed E-state index contributed by atoms with van der Waals surface area (Å²) >= 11 is 0. The number of aromatic nitrogens is 4. The summed E-state index contributed by atoms with van der Waals surface area (Å²) in [6.07, 6.45) is 2.93. The molecular formula is C20H25N5O4. The van der Waals surface area contributed by atoms with E-state index in [1.54, 1.807) is 11.2 Å². The molecule has 0 unspecified atom stereocenters. The lowest BCUT2D eigenvalue weighted by atomic mass is 10.1. The summed E-state index contributed by atoms with van der Waals surface area (Å²) in [4.78, 5) is 25.6. The molecule has 3 aromatic rings. The van der Waals surface area contributed by atoms with E-state index >= 15 is 0 Å². The van der Waals surface area contributed by atoms with Gasteiger partial charge in [-0.25, -0.2) is 9.78 Å². The molecule has 0 saturated carbocycles. The zero-order valence-corrected chi connectivity index (χ0v) is 16.8. The van der Waals surface area contributed by atoms with Gasteiger partial charge in [0.25, 0.3) is 5.89 Å². The molecule has 9 nitrogen and oxygen atoms in total. The van der Waals surface area contributed by atoms with E-state index in [1.165, 1.54) is 0 Å². The van der Waals surface area contributed by atoms with Crippen molar-refractivity contribution >= 4 is 17.1 Å². The quantitative estimate of drug-likeness (QED) is 0.715. The highest BCUT2D eigenvalue weighted by Crippen LogP contribution is 2.22. The number of aromatic amines is 1. The number of nitrogens with one attached hydrogen (secondary N) is 1. The largest absolute Gasteiger partial charge is 0.444 e. The maximum atomic E-state index is 12.1. The third-order valence-corrected chi connectivity index (χ3v) is 4.68. The molecule has 4 rings (SSSR count). The highest BCUT2D eigenvalue weighted by Gasteiger charge is 2.27. The zero-order valence-electron chi connectivity index (χ0n) is 16.8. The number of benzene rings is 1. The number of carbonyl (C=O) groups is 1. The number of hydrogen-bond donors (Lipinski definition) is 1. The van der Waals surface area contributed by atoms with Gasteiger partial charge >= 0.3 is 6.09 Å². The topological polar surface area (TPSA) is 106 Å². The Hall–Kier alpha value is -2.94. The van der Waals surface area contributed by atoms with Gasteiger partial charge in [-0.1, -0.05) is 5.16 Å². The summed E-state index contributed by atoms with van der Waals surface area (Å²) in [5.41, 5.74) is 2.13. The van der Waals surface area contributed by atoms with Gasteiger partial charge in [-0.2, -0.15) is 4.98 Å². The van der Waals surface area contributed by atoms with Gasteiger partial charge in [0.05, 0.1) is 23.5 Å². The van der Waals surface area contributed by atoms with E-state index < -0.39 is 5.60 Å². The Kier molecular flexibility index (Phi) is 5.23. The minimum atomic E-state index is -0.484. The van der Waals surface area contributed by atoms with Crippen LogP contribution in [0, 0.1) is 0 Å². The second kappa shape index (κ2) is 7.82. The zero-order chi connectivity index (χ0) is 20.4. The second-order valence-electron chi connectivity index (χ2n) is 8.13. The standard InChI is InChI=1S/C20H25N5O4/c1-20(2,3)28-19(26)25-8-6-14(7-9-25)27-11-17-23-18(29-24-17)13-4-5-15-16(10-13)22-12-21-15/h4-5,10,12,14H,6-9,11H2,1-3H3,(H,21,22). The van der Waals surface area contributed by atoms with Crippen molar-refractivity contribution in [1.82, 2.24) is 25.0 Å². The Balaban J connectivity index is 1.28. The highest BCUT2D eigenvalue weighted by atomic mass is 16.6. The number of fused-ring (bicyclic) bond motifs is 1. The van der Waals surface area contributed by atoms with Crippen LogP contribution < -0.4 is 0 Å². The van der Waals surface area contributed by atoms with E-state index in [0.717, 1.165) is 29.4 Å². The smallest absolute Gasteiger partial charge is 0.410 e. The van der Waals surface area contributed by atoms with Gasteiger partial charge in [0, 0.05) is 18.7 Å². The van der Waals surface area contributed by atoms with Gasteiger partial charge in [0.15, 0.2) is 5.82 Å². The van der Waals surface area contributed by atoms with Crippen LogP contribution in [0.5, 0.6) is 0 Å². The fraction of sp³-hybridized carbons (Fsp3) is 0.500. The molecule has 9 heteroatoms. The Morgan fingerprint density at radius 1 is 1.31 bits per heavy atom. The van der Waals surface area contributed by atoms with Crippen LogP contribution in [0.3, 0.4) is 0 Å². The molecule has 154 valence electrons. The molecule has 1 aromatic carbocycles. The van der Waals surface area contributed by atoms with Crippen LogP contribution in [-0.2, 0) is 16.1 Å². The number of H-pyrrole nitrogens is 1. The third kappa shape index (κ3) is 4.73. The number of ether oxygens (including phenoxy) is 2. The number of rotatable bonds is 4. The highest BCUT2D eigenvalue weighted by molar-refractivity contribution is 5.79. The van der Waals surface area contributed by atoms with E-state index in [1.807, 2.05) is 39.0 Å². The van der Waals surface area contributed by atoms with Crippen molar-refractivity contribution < 1.29 is 18.8 Å². The number of likely N-dealkylation sites (tertiary alicyclic amines) is 1. The van der Waals surface area contributed by atoms with Crippen LogP contribution >= 0.6 is 0 Å². The maximum absolute atomic E-state index is 12.1. The number of imidazole rings is 1. The lowest BCUT2D eigenvalue weighted by Crippen LogP contribution is -2.43. The van der Waals surface area contributed by atoms with E-state index in [4.69, 9.17) is 14.0 Å². The molecule has 0 aliphatic carbocycles. The molecule has 1 N–H and O–H groups in total. The maximum Gasteiger partial charge on any atom is 0.410 e. The van der Waals surface area contributed by atoms with Crippen LogP contribution in [-0.4, -0.2) is 55.9 Å². The van der Waals surface area contributed by atoms with Crippen molar-refractivity contribution in [2.45, 2.75) is 51.9 Å². The normalized spacial score (nSPS) is 15.8. The first-order valence-electron chi connectivity index (χ1n) is 9.73. The second-order valence-corrected chi connectivity index (χ2v) is 8.13. The van der Waals surface area contributed by atoms with Gasteiger partial charge in [-0.3, -0.25) is 0 Å². The van der Waals surface area contributed by atoms with E-state index in [2.05, 4.69) is 20.1 Å². The van der Waals surface area contributed by atoms with Crippen molar-refractivity contribution in [2.24, 2.45) is 0 Å². The Morgan fingerprint density at radius 2 is 2.10 bits per heavy atom. The Bertz CT molecular complexity index is 982. The fourth-order valence-electron chi connectivity index (χ4n) is 3.22. The van der Waals surface area contributed by atoms with Crippen molar-refractivity contribution in [3.63, 3.8) is 0 Å². The number of carbonyl (C=O) groups excluding carboxylic acids is 1. The first kappa shape index (κ1) is 19.4. The molecule has 1 aliphatic rings. The number of amides is 1. The molecule has 0 spiro atoms. The molecule has 2 aromatic heterocycles. The average Bonchev–Trinajstić information content (AvgIpc) is 3.34. The number of piperidine rings is 1. The summed E-state index contributed by atoms with van der Waals surface area (Å²) in [5.74, 6) is 0.935. The van der Waals surface area contributed by atoms with Gasteiger partial charge in [0.1, 0.15) is 12.2 Å². The molecule has 0 radical (unpaired) electrons. The lowest BCUT2D eigenvalue weighted by Gasteiger charge is -2.33. The van der Waals surface area contributed by atoms with E-state index in [9.17, 15) is 4.79 Å². The van der Waals surface area contributed by atoms with Crippen LogP contribution in [0.15, 0.2) is 29.0 Å². The molecule has 0 bridgehead atoms. The minimum Gasteiger partial charge on any atom is -0.444 e. The van der Waals surface area contributed by atoms with Crippen LogP contribution in [0.1, 0.15) is 39.4 Å². The summed E-state index contributed by atoms with van der Waals surface area (Å²) in [7, 11) is 0. The van der Waals surface area contributed by atoms with Crippen molar-refractivity contribution in [3.8, 4) is 11.5 Å². The van der Waals surface area contributed by atoms with Crippen molar-refractivity contribution in [3.05, 3.63) is 30.4 Å². The molecule has 3 heterocycles. The number of hydrogen-bond acceptors (Lipinski definition) is 7. The molecule has 1 aliphatic heterocycles. The van der Waals surface area contributed by atoms with Crippen LogP contribution in [0.2, 0.25) is 0 Å². The third-order valence-electron chi connectivity index (χ3n) is 4.68. The molecule has 1 amide bonds. The molecule has 1 saturated heterocycles. The van der Waals surface area contributed by atoms with Crippen LogP contribution in [0.25, 0.3) is 22.5 Å². The minimum absolute atomic E-state index is 0.0519. The monoisotopic (exact) mass is 399 g/mol. The van der Waals surface area contributed by atoms with E-state index in [0.29, 0.717) is 24.8 Å². The van der Waals surface area contributed by atoms with Gasteiger partial charge < -0.3 is 23.9 Å². The predicted octanol–water partition coefficient (Wildman–Crippen LogP) is 3.53. The van der Waals surface area contributed by atoms with Gasteiger partial charge in [0.2, 0.25) is 0 Å². The molecule has 29 heavy (non-hydrogen) atoms. The van der Waals surface area contributed by atoms with Crippen LogP contribution in [0.4, 0.5) is 4.79 Å². The molecular weight excluding hydrogens is 374 g/mol. The first-order chi connectivity index (χ1) is 13.9. The SMILES string of the molecule is CC(C)(C)OC(=O)N1CCC(OCc2noc(-c3ccc4[nH]cnc4c3)n2)CC1.